The standard InChI is InChI=1S/C11H11BrFNO3/c1-2-9(11(16)17)14-10(15)6-3-7(12)5-8(13)4-6/h3-5,9H,2H2,1H3,(H,14,15)(H,16,17)/t9-/m0/s1. The Morgan fingerprint density at radius 3 is 2.59 bits per heavy atom. The van der Waals surface area contributed by atoms with Crippen molar-refractivity contribution in [3.63, 3.8) is 0 Å². The first kappa shape index (κ1) is 13.6. The molecule has 0 aliphatic carbocycles. The second-order valence-corrected chi connectivity index (χ2v) is 4.35. The van der Waals surface area contributed by atoms with Crippen molar-refractivity contribution in [3.05, 3.63) is 34.1 Å². The number of benzene rings is 1. The topological polar surface area (TPSA) is 66.4 Å². The van der Waals surface area contributed by atoms with Crippen LogP contribution in [0.2, 0.25) is 0 Å². The first-order valence-corrected chi connectivity index (χ1v) is 5.73. The van der Waals surface area contributed by atoms with Gasteiger partial charge in [0.05, 0.1) is 0 Å². The predicted octanol–water partition coefficient (Wildman–Crippen LogP) is 2.18. The summed E-state index contributed by atoms with van der Waals surface area (Å²) >= 11 is 3.06. The van der Waals surface area contributed by atoms with E-state index in [1.165, 1.54) is 12.1 Å². The van der Waals surface area contributed by atoms with E-state index in [0.29, 0.717) is 4.47 Å². The number of amides is 1. The smallest absolute Gasteiger partial charge is 0.326 e. The number of aliphatic carboxylic acids is 1. The third-order valence-electron chi connectivity index (χ3n) is 2.14. The van der Waals surface area contributed by atoms with Gasteiger partial charge in [-0.3, -0.25) is 4.79 Å². The molecule has 1 aromatic rings. The van der Waals surface area contributed by atoms with Crippen LogP contribution in [0.15, 0.2) is 22.7 Å². The number of halogens is 2. The molecule has 0 aliphatic rings. The van der Waals surface area contributed by atoms with Crippen LogP contribution in [0.4, 0.5) is 4.39 Å². The molecule has 1 amide bonds. The molecule has 0 radical (unpaired) electrons. The SMILES string of the molecule is CC[C@H](NC(=O)c1cc(F)cc(Br)c1)C(=O)O. The van der Waals surface area contributed by atoms with E-state index >= 15 is 0 Å². The Kier molecular flexibility index (Phi) is 4.62. The second kappa shape index (κ2) is 5.77. The normalized spacial score (nSPS) is 11.9. The van der Waals surface area contributed by atoms with Crippen LogP contribution in [-0.4, -0.2) is 23.0 Å². The Morgan fingerprint density at radius 1 is 1.47 bits per heavy atom. The fourth-order valence-electron chi connectivity index (χ4n) is 1.26. The number of carbonyl (C=O) groups excluding carboxylic acids is 1. The molecule has 0 aliphatic heterocycles. The van der Waals surface area contributed by atoms with Crippen LogP contribution < -0.4 is 5.32 Å². The summed E-state index contributed by atoms with van der Waals surface area (Å²) in [5, 5.41) is 11.1. The summed E-state index contributed by atoms with van der Waals surface area (Å²) in [5.74, 6) is -2.29. The molecule has 1 aromatic carbocycles. The Balaban J connectivity index is 2.86. The van der Waals surface area contributed by atoms with Gasteiger partial charge in [-0.15, -0.1) is 0 Å². The maximum absolute atomic E-state index is 13.0. The number of hydrogen-bond donors (Lipinski definition) is 2. The molecule has 17 heavy (non-hydrogen) atoms. The van der Waals surface area contributed by atoms with E-state index in [9.17, 15) is 14.0 Å². The summed E-state index contributed by atoms with van der Waals surface area (Å²) in [5.41, 5.74) is 0.0802. The zero-order chi connectivity index (χ0) is 13.0. The van der Waals surface area contributed by atoms with Crippen molar-refractivity contribution >= 4 is 27.8 Å². The molecule has 0 bridgehead atoms. The first-order chi connectivity index (χ1) is 7.93. The second-order valence-electron chi connectivity index (χ2n) is 3.43. The number of carboxylic acid groups (broad SMARTS) is 1. The number of carboxylic acids is 1. The summed E-state index contributed by atoms with van der Waals surface area (Å²) in [6, 6.07) is 2.72. The molecule has 0 saturated carbocycles. The lowest BCUT2D eigenvalue weighted by Crippen LogP contribution is -2.40. The lowest BCUT2D eigenvalue weighted by molar-refractivity contribution is -0.139. The zero-order valence-electron chi connectivity index (χ0n) is 9.04. The highest BCUT2D eigenvalue weighted by Crippen LogP contribution is 2.15. The molecule has 4 nitrogen and oxygen atoms in total. The van der Waals surface area contributed by atoms with Gasteiger partial charge in [0.15, 0.2) is 0 Å². The van der Waals surface area contributed by atoms with Gasteiger partial charge < -0.3 is 10.4 Å². The van der Waals surface area contributed by atoms with Crippen molar-refractivity contribution in [1.82, 2.24) is 5.32 Å². The van der Waals surface area contributed by atoms with Crippen LogP contribution in [0.5, 0.6) is 0 Å². The lowest BCUT2D eigenvalue weighted by atomic mass is 10.1. The van der Waals surface area contributed by atoms with Crippen molar-refractivity contribution in [2.75, 3.05) is 0 Å². The minimum atomic E-state index is -1.11. The van der Waals surface area contributed by atoms with E-state index in [2.05, 4.69) is 21.2 Å². The van der Waals surface area contributed by atoms with Gasteiger partial charge in [-0.1, -0.05) is 22.9 Å². The van der Waals surface area contributed by atoms with E-state index in [-0.39, 0.29) is 12.0 Å². The molecule has 0 saturated heterocycles. The number of hydrogen-bond acceptors (Lipinski definition) is 2. The Morgan fingerprint density at radius 2 is 2.12 bits per heavy atom. The Bertz CT molecular complexity index is 430. The molecular weight excluding hydrogens is 293 g/mol. The third-order valence-corrected chi connectivity index (χ3v) is 2.59. The van der Waals surface area contributed by atoms with Crippen molar-refractivity contribution in [3.8, 4) is 0 Å². The van der Waals surface area contributed by atoms with E-state index in [4.69, 9.17) is 5.11 Å². The summed E-state index contributed by atoms with van der Waals surface area (Å²) in [6.07, 6.45) is 0.261. The van der Waals surface area contributed by atoms with Gasteiger partial charge in [0.2, 0.25) is 0 Å². The molecule has 6 heteroatoms. The van der Waals surface area contributed by atoms with Crippen molar-refractivity contribution < 1.29 is 19.1 Å². The first-order valence-electron chi connectivity index (χ1n) is 4.93. The fourth-order valence-corrected chi connectivity index (χ4v) is 1.73. The highest BCUT2D eigenvalue weighted by Gasteiger charge is 2.18. The van der Waals surface area contributed by atoms with Crippen molar-refractivity contribution in [2.45, 2.75) is 19.4 Å². The van der Waals surface area contributed by atoms with Gasteiger partial charge in [-0.25, -0.2) is 9.18 Å². The minimum Gasteiger partial charge on any atom is -0.480 e. The summed E-state index contributed by atoms with van der Waals surface area (Å²) in [7, 11) is 0. The van der Waals surface area contributed by atoms with Crippen LogP contribution in [0.1, 0.15) is 23.7 Å². The quantitative estimate of drug-likeness (QED) is 0.896. The maximum atomic E-state index is 13.0. The summed E-state index contributed by atoms with van der Waals surface area (Å²) in [4.78, 5) is 22.4. The zero-order valence-corrected chi connectivity index (χ0v) is 10.6. The molecule has 0 unspecified atom stereocenters. The highest BCUT2D eigenvalue weighted by atomic mass is 79.9. The van der Waals surface area contributed by atoms with Gasteiger partial charge in [0.25, 0.3) is 5.91 Å². The van der Waals surface area contributed by atoms with Crippen LogP contribution in [0.25, 0.3) is 0 Å². The molecule has 0 aromatic heterocycles. The third kappa shape index (κ3) is 3.81. The largest absolute Gasteiger partial charge is 0.480 e. The molecular formula is C11H11BrFNO3. The molecule has 92 valence electrons. The van der Waals surface area contributed by atoms with E-state index in [1.807, 2.05) is 0 Å². The van der Waals surface area contributed by atoms with Gasteiger partial charge in [-0.2, -0.15) is 0 Å². The Hall–Kier alpha value is -1.43. The molecule has 1 atom stereocenters. The number of nitrogens with one attached hydrogen (secondary N) is 1. The van der Waals surface area contributed by atoms with E-state index < -0.39 is 23.7 Å². The van der Waals surface area contributed by atoms with Gasteiger partial charge in [0, 0.05) is 10.0 Å². The molecule has 0 heterocycles. The number of rotatable bonds is 4. The van der Waals surface area contributed by atoms with Crippen LogP contribution in [0.3, 0.4) is 0 Å². The predicted molar refractivity (Wildman–Crippen MR) is 63.3 cm³/mol. The molecule has 0 spiro atoms. The van der Waals surface area contributed by atoms with Crippen LogP contribution in [-0.2, 0) is 4.79 Å². The van der Waals surface area contributed by atoms with Gasteiger partial charge in [-0.05, 0) is 24.6 Å². The maximum Gasteiger partial charge on any atom is 0.326 e. The molecule has 1 rings (SSSR count). The Labute approximate surface area is 106 Å². The average molecular weight is 304 g/mol. The van der Waals surface area contributed by atoms with Crippen LogP contribution in [0, 0.1) is 5.82 Å². The van der Waals surface area contributed by atoms with Crippen molar-refractivity contribution in [2.24, 2.45) is 0 Å². The number of carbonyl (C=O) groups is 2. The monoisotopic (exact) mass is 303 g/mol. The lowest BCUT2D eigenvalue weighted by Gasteiger charge is -2.12. The van der Waals surface area contributed by atoms with E-state index in [1.54, 1.807) is 6.92 Å². The molecule has 2 N–H and O–H groups in total. The van der Waals surface area contributed by atoms with E-state index in [0.717, 1.165) is 6.07 Å². The average Bonchev–Trinajstić information content (AvgIpc) is 2.23. The molecule has 0 fully saturated rings. The highest BCUT2D eigenvalue weighted by molar-refractivity contribution is 9.10. The fraction of sp³-hybridized carbons (Fsp3) is 0.273. The minimum absolute atomic E-state index is 0.0802. The summed E-state index contributed by atoms with van der Waals surface area (Å²) < 4.78 is 13.5. The van der Waals surface area contributed by atoms with Gasteiger partial charge in [0.1, 0.15) is 11.9 Å². The van der Waals surface area contributed by atoms with Gasteiger partial charge >= 0.3 is 5.97 Å². The summed E-state index contributed by atoms with van der Waals surface area (Å²) in [6.45, 7) is 1.64. The van der Waals surface area contributed by atoms with Crippen molar-refractivity contribution in [1.29, 1.82) is 0 Å². The van der Waals surface area contributed by atoms with Crippen LogP contribution >= 0.6 is 15.9 Å².